The minimum Gasteiger partial charge on any atom is -0.481 e. The Morgan fingerprint density at radius 1 is 1.36 bits per heavy atom. The molecule has 1 N–H and O–H groups in total. The molecule has 0 bridgehead atoms. The quantitative estimate of drug-likeness (QED) is 0.601. The van der Waals surface area contributed by atoms with Crippen molar-refractivity contribution in [3.05, 3.63) is 0 Å². The Labute approximate surface area is 66.0 Å². The Hall–Kier alpha value is -0.570. The van der Waals surface area contributed by atoms with Gasteiger partial charge in [-0.25, -0.2) is 0 Å². The number of hydrogen-bond donors (Lipinski definition) is 1. The summed E-state index contributed by atoms with van der Waals surface area (Å²) in [6.07, 6.45) is 3.14. The average Bonchev–Trinajstić information content (AvgIpc) is 2.41. The van der Waals surface area contributed by atoms with Crippen molar-refractivity contribution >= 4 is 5.97 Å². The molecule has 2 atom stereocenters. The summed E-state index contributed by atoms with van der Waals surface area (Å²) in [5, 5.41) is 8.83. The molecule has 2 aliphatic heterocycles. The van der Waals surface area contributed by atoms with Gasteiger partial charge < -0.3 is 5.11 Å². The molecule has 0 aromatic heterocycles. The van der Waals surface area contributed by atoms with Crippen LogP contribution in [0.25, 0.3) is 0 Å². The lowest BCUT2D eigenvalue weighted by Crippen LogP contribution is -2.29. The Morgan fingerprint density at radius 2 is 2.18 bits per heavy atom. The summed E-state index contributed by atoms with van der Waals surface area (Å²) in [7, 11) is 0. The Balaban J connectivity index is 2.08. The summed E-state index contributed by atoms with van der Waals surface area (Å²) in [6, 6.07) is 0.368. The first-order chi connectivity index (χ1) is 5.29. The van der Waals surface area contributed by atoms with Crippen LogP contribution < -0.4 is 0 Å². The maximum atomic E-state index is 10.7. The lowest BCUT2D eigenvalue weighted by Gasteiger charge is -2.16. The third kappa shape index (κ3) is 1.03. The van der Waals surface area contributed by atoms with E-state index in [1.54, 1.807) is 0 Å². The fourth-order valence-corrected chi connectivity index (χ4v) is 2.37. The summed E-state index contributed by atoms with van der Waals surface area (Å²) in [6.45, 7) is 2.12. The molecule has 11 heavy (non-hydrogen) atoms. The van der Waals surface area contributed by atoms with Crippen LogP contribution >= 0.6 is 0 Å². The number of carbonyl (C=O) groups is 1. The van der Waals surface area contributed by atoms with E-state index in [0.29, 0.717) is 6.04 Å². The van der Waals surface area contributed by atoms with Gasteiger partial charge >= 0.3 is 5.97 Å². The largest absolute Gasteiger partial charge is 0.481 e. The molecule has 2 saturated heterocycles. The normalized spacial score (nSPS) is 37.5. The van der Waals surface area contributed by atoms with Crippen molar-refractivity contribution < 1.29 is 9.90 Å². The third-order valence-electron chi connectivity index (χ3n) is 2.92. The first kappa shape index (κ1) is 7.10. The summed E-state index contributed by atoms with van der Waals surface area (Å²) in [5.74, 6) is -0.670. The summed E-state index contributed by atoms with van der Waals surface area (Å²) in [4.78, 5) is 13.0. The smallest absolute Gasteiger partial charge is 0.308 e. The Morgan fingerprint density at radius 3 is 2.91 bits per heavy atom. The number of nitrogens with zero attached hydrogens (tertiary/aromatic N) is 1. The maximum Gasteiger partial charge on any atom is 0.308 e. The number of fused-ring (bicyclic) bond motifs is 1. The van der Waals surface area contributed by atoms with Crippen molar-refractivity contribution in [1.29, 1.82) is 0 Å². The molecule has 3 nitrogen and oxygen atoms in total. The van der Waals surface area contributed by atoms with Crippen LogP contribution in [0.2, 0.25) is 0 Å². The first-order valence-corrected chi connectivity index (χ1v) is 4.26. The second-order valence-electron chi connectivity index (χ2n) is 3.48. The molecule has 0 aromatic carbocycles. The molecule has 0 radical (unpaired) electrons. The molecule has 0 aromatic rings. The highest BCUT2D eigenvalue weighted by atomic mass is 16.4. The fraction of sp³-hybridized carbons (Fsp3) is 0.875. The van der Waals surface area contributed by atoms with E-state index in [-0.39, 0.29) is 5.92 Å². The predicted octanol–water partition coefficient (Wildman–Crippen LogP) is 0.555. The molecule has 2 aliphatic rings. The predicted molar refractivity (Wildman–Crippen MR) is 40.3 cm³/mol. The minimum absolute atomic E-state index is 0.0718. The van der Waals surface area contributed by atoms with E-state index in [1.807, 2.05) is 0 Å². The van der Waals surface area contributed by atoms with Gasteiger partial charge in [-0.05, 0) is 32.4 Å². The zero-order valence-corrected chi connectivity index (χ0v) is 6.49. The van der Waals surface area contributed by atoms with Gasteiger partial charge in [-0.2, -0.15) is 0 Å². The van der Waals surface area contributed by atoms with E-state index < -0.39 is 5.97 Å². The Bertz CT molecular complexity index is 181. The lowest BCUT2D eigenvalue weighted by atomic mass is 9.99. The van der Waals surface area contributed by atoms with Crippen LogP contribution in [-0.2, 0) is 4.79 Å². The van der Waals surface area contributed by atoms with Crippen molar-refractivity contribution in [3.8, 4) is 0 Å². The molecular formula is C8H13NO2. The molecule has 0 spiro atoms. The third-order valence-corrected chi connectivity index (χ3v) is 2.92. The van der Waals surface area contributed by atoms with Crippen molar-refractivity contribution in [2.24, 2.45) is 5.92 Å². The lowest BCUT2D eigenvalue weighted by molar-refractivity contribution is -0.142. The molecule has 62 valence electrons. The maximum absolute atomic E-state index is 10.7. The van der Waals surface area contributed by atoms with Gasteiger partial charge in [0, 0.05) is 6.04 Å². The van der Waals surface area contributed by atoms with Crippen LogP contribution in [0, 0.1) is 5.92 Å². The summed E-state index contributed by atoms with van der Waals surface area (Å²) < 4.78 is 0. The van der Waals surface area contributed by atoms with Crippen LogP contribution in [-0.4, -0.2) is 35.1 Å². The highest BCUT2D eigenvalue weighted by Crippen LogP contribution is 2.32. The minimum atomic E-state index is -0.598. The van der Waals surface area contributed by atoms with Crippen molar-refractivity contribution in [1.82, 2.24) is 4.90 Å². The van der Waals surface area contributed by atoms with E-state index in [2.05, 4.69) is 4.90 Å². The molecular weight excluding hydrogens is 142 g/mol. The van der Waals surface area contributed by atoms with Gasteiger partial charge in [0.05, 0.1) is 5.92 Å². The molecule has 1 unspecified atom stereocenters. The molecule has 2 rings (SSSR count). The number of carboxylic acids is 1. The SMILES string of the molecule is O=C(O)C1CCN2CCC[C@H]12. The Kier molecular flexibility index (Phi) is 1.60. The van der Waals surface area contributed by atoms with E-state index in [1.165, 1.54) is 6.42 Å². The standard InChI is InChI=1S/C8H13NO2/c10-8(11)6-3-5-9-4-1-2-7(6)9/h6-7H,1-5H2,(H,10,11)/t6?,7-/m1/s1. The zero-order chi connectivity index (χ0) is 7.84. The highest BCUT2D eigenvalue weighted by Gasteiger charge is 2.40. The van der Waals surface area contributed by atoms with E-state index in [4.69, 9.17) is 5.11 Å². The van der Waals surface area contributed by atoms with Gasteiger partial charge in [-0.15, -0.1) is 0 Å². The van der Waals surface area contributed by atoms with Crippen LogP contribution in [0.3, 0.4) is 0 Å². The monoisotopic (exact) mass is 155 g/mol. The topological polar surface area (TPSA) is 40.5 Å². The number of carboxylic acid groups (broad SMARTS) is 1. The van der Waals surface area contributed by atoms with Gasteiger partial charge in [-0.1, -0.05) is 0 Å². The van der Waals surface area contributed by atoms with Crippen molar-refractivity contribution in [2.45, 2.75) is 25.3 Å². The second kappa shape index (κ2) is 2.48. The van der Waals surface area contributed by atoms with Gasteiger partial charge in [0.1, 0.15) is 0 Å². The fourth-order valence-electron chi connectivity index (χ4n) is 2.37. The van der Waals surface area contributed by atoms with E-state index >= 15 is 0 Å². The molecule has 3 heteroatoms. The molecule has 2 fully saturated rings. The van der Waals surface area contributed by atoms with Gasteiger partial charge in [0.25, 0.3) is 0 Å². The van der Waals surface area contributed by atoms with Crippen LogP contribution in [0.4, 0.5) is 0 Å². The van der Waals surface area contributed by atoms with Crippen molar-refractivity contribution in [3.63, 3.8) is 0 Å². The molecule has 0 amide bonds. The first-order valence-electron chi connectivity index (χ1n) is 4.26. The van der Waals surface area contributed by atoms with Crippen LogP contribution in [0.1, 0.15) is 19.3 Å². The number of aliphatic carboxylic acids is 1. The average molecular weight is 155 g/mol. The van der Waals surface area contributed by atoms with Crippen LogP contribution in [0.15, 0.2) is 0 Å². The van der Waals surface area contributed by atoms with E-state index in [0.717, 1.165) is 25.9 Å². The molecule has 0 aliphatic carbocycles. The molecule has 0 saturated carbocycles. The van der Waals surface area contributed by atoms with Gasteiger partial charge in [0.2, 0.25) is 0 Å². The van der Waals surface area contributed by atoms with Gasteiger partial charge in [-0.3, -0.25) is 9.69 Å². The second-order valence-corrected chi connectivity index (χ2v) is 3.48. The van der Waals surface area contributed by atoms with Gasteiger partial charge in [0.15, 0.2) is 0 Å². The number of rotatable bonds is 1. The molecule has 2 heterocycles. The zero-order valence-electron chi connectivity index (χ0n) is 6.49. The summed E-state index contributed by atoms with van der Waals surface area (Å²) >= 11 is 0. The summed E-state index contributed by atoms with van der Waals surface area (Å²) in [5.41, 5.74) is 0. The number of hydrogen-bond acceptors (Lipinski definition) is 2. The highest BCUT2D eigenvalue weighted by molar-refractivity contribution is 5.71. The van der Waals surface area contributed by atoms with Crippen molar-refractivity contribution in [2.75, 3.05) is 13.1 Å². The van der Waals surface area contributed by atoms with E-state index in [9.17, 15) is 4.79 Å². The van der Waals surface area contributed by atoms with Crippen LogP contribution in [0.5, 0.6) is 0 Å².